The number of imide groups is 1. The largest absolute Gasteiger partial charge is 0.397 e. The van der Waals surface area contributed by atoms with Gasteiger partial charge in [0.15, 0.2) is 0 Å². The lowest BCUT2D eigenvalue weighted by Gasteiger charge is -2.25. The number of hydrogen-bond donors (Lipinski definition) is 2. The summed E-state index contributed by atoms with van der Waals surface area (Å²) < 4.78 is 0.788. The number of nitrogens with zero attached hydrogens (tertiary/aromatic N) is 1. The molecule has 2 aromatic rings. The number of piperazine rings is 1. The lowest BCUT2D eigenvalue weighted by molar-refractivity contribution is -0.135. The Hall–Kier alpha value is -2.12. The van der Waals surface area contributed by atoms with Crippen molar-refractivity contribution in [3.8, 4) is 0 Å². The number of carbonyl (C=O) groups is 3. The minimum Gasteiger partial charge on any atom is -0.397 e. The molecule has 0 spiro atoms. The van der Waals surface area contributed by atoms with Gasteiger partial charge in [-0.3, -0.25) is 19.7 Å². The predicted octanol–water partition coefficient (Wildman–Crippen LogP) is 1.24. The molecule has 1 saturated heterocycles. The van der Waals surface area contributed by atoms with Crippen LogP contribution in [0.4, 0.5) is 5.69 Å². The zero-order valence-corrected chi connectivity index (χ0v) is 12.3. The maximum atomic E-state index is 12.5. The van der Waals surface area contributed by atoms with E-state index in [1.54, 1.807) is 18.2 Å². The van der Waals surface area contributed by atoms with Crippen LogP contribution in [0.1, 0.15) is 9.67 Å². The fraction of sp³-hybridized carbons (Fsp3) is 0.154. The van der Waals surface area contributed by atoms with Gasteiger partial charge in [0.05, 0.1) is 5.69 Å². The molecular formula is C13H10ClN3O3S. The van der Waals surface area contributed by atoms with E-state index < -0.39 is 17.7 Å². The number of nitrogens with one attached hydrogen (secondary N) is 1. The lowest BCUT2D eigenvalue weighted by Crippen LogP contribution is -2.53. The second-order valence-electron chi connectivity index (χ2n) is 4.62. The molecule has 0 aliphatic carbocycles. The van der Waals surface area contributed by atoms with Crippen molar-refractivity contribution < 1.29 is 14.4 Å². The standard InChI is InChI=1S/C13H10ClN3O3S/c14-6-1-2-7-8(3-6)21-12(11(7)15)13(20)17-4-9(18)16-10(19)5-17/h1-3H,4-5,15H2,(H,16,18,19). The summed E-state index contributed by atoms with van der Waals surface area (Å²) in [5.74, 6) is -1.42. The minimum atomic E-state index is -0.498. The summed E-state index contributed by atoms with van der Waals surface area (Å²) in [5, 5.41) is 3.43. The maximum Gasteiger partial charge on any atom is 0.267 e. The number of anilines is 1. The number of amides is 3. The van der Waals surface area contributed by atoms with Crippen LogP contribution in [0.2, 0.25) is 5.02 Å². The number of fused-ring (bicyclic) bond motifs is 1. The molecule has 1 aromatic carbocycles. The Morgan fingerprint density at radius 1 is 1.29 bits per heavy atom. The second kappa shape index (κ2) is 5.01. The number of hydrogen-bond acceptors (Lipinski definition) is 5. The van der Waals surface area contributed by atoms with Gasteiger partial charge in [-0.25, -0.2) is 0 Å². The molecule has 0 unspecified atom stereocenters. The van der Waals surface area contributed by atoms with Gasteiger partial charge < -0.3 is 10.6 Å². The number of rotatable bonds is 1. The van der Waals surface area contributed by atoms with Gasteiger partial charge >= 0.3 is 0 Å². The Labute approximate surface area is 128 Å². The maximum absolute atomic E-state index is 12.5. The van der Waals surface area contributed by atoms with Gasteiger partial charge in [-0.1, -0.05) is 11.6 Å². The number of carbonyl (C=O) groups excluding carboxylic acids is 3. The fourth-order valence-corrected chi connectivity index (χ4v) is 3.54. The molecule has 3 amide bonds. The van der Waals surface area contributed by atoms with Crippen molar-refractivity contribution in [1.82, 2.24) is 10.2 Å². The first kappa shape index (κ1) is 13.8. The molecule has 6 nitrogen and oxygen atoms in total. The van der Waals surface area contributed by atoms with Crippen LogP contribution in [-0.4, -0.2) is 35.7 Å². The minimum absolute atomic E-state index is 0.154. The van der Waals surface area contributed by atoms with Gasteiger partial charge in [-0.05, 0) is 18.2 Å². The Bertz CT molecular complexity index is 770. The van der Waals surface area contributed by atoms with Crippen LogP contribution in [0.15, 0.2) is 18.2 Å². The fourth-order valence-electron chi connectivity index (χ4n) is 2.17. The van der Waals surface area contributed by atoms with Crippen LogP contribution in [0.25, 0.3) is 10.1 Å². The van der Waals surface area contributed by atoms with Crippen LogP contribution in [0, 0.1) is 0 Å². The Balaban J connectivity index is 1.99. The third kappa shape index (κ3) is 2.45. The van der Waals surface area contributed by atoms with E-state index in [0.717, 1.165) is 10.1 Å². The summed E-state index contributed by atoms with van der Waals surface area (Å²) in [6, 6.07) is 5.16. The predicted molar refractivity (Wildman–Crippen MR) is 80.3 cm³/mol. The Morgan fingerprint density at radius 3 is 2.62 bits per heavy atom. The SMILES string of the molecule is Nc1c(C(=O)N2CC(=O)NC(=O)C2)sc2cc(Cl)ccc12. The van der Waals surface area contributed by atoms with E-state index in [9.17, 15) is 14.4 Å². The first-order chi connectivity index (χ1) is 9.95. The van der Waals surface area contributed by atoms with Crippen LogP contribution < -0.4 is 11.1 Å². The zero-order valence-electron chi connectivity index (χ0n) is 10.7. The summed E-state index contributed by atoms with van der Waals surface area (Å²) >= 11 is 7.12. The van der Waals surface area contributed by atoms with E-state index in [-0.39, 0.29) is 13.1 Å². The van der Waals surface area contributed by atoms with Gasteiger partial charge in [0.2, 0.25) is 11.8 Å². The third-order valence-corrected chi connectivity index (χ3v) is 4.51. The number of nitrogen functional groups attached to an aromatic ring is 1. The number of nitrogens with two attached hydrogens (primary N) is 1. The van der Waals surface area contributed by atoms with E-state index in [1.165, 1.54) is 16.2 Å². The highest BCUT2D eigenvalue weighted by Crippen LogP contribution is 2.35. The van der Waals surface area contributed by atoms with E-state index in [0.29, 0.717) is 15.6 Å². The highest BCUT2D eigenvalue weighted by molar-refractivity contribution is 7.21. The van der Waals surface area contributed by atoms with Gasteiger partial charge in [0.25, 0.3) is 5.91 Å². The first-order valence-electron chi connectivity index (χ1n) is 6.05. The average molecular weight is 324 g/mol. The molecule has 1 aromatic heterocycles. The monoisotopic (exact) mass is 323 g/mol. The molecular weight excluding hydrogens is 314 g/mol. The summed E-state index contributed by atoms with van der Waals surface area (Å²) in [4.78, 5) is 36.7. The smallest absolute Gasteiger partial charge is 0.267 e. The van der Waals surface area contributed by atoms with E-state index in [4.69, 9.17) is 17.3 Å². The average Bonchev–Trinajstić information content (AvgIpc) is 2.73. The van der Waals surface area contributed by atoms with Crippen LogP contribution >= 0.6 is 22.9 Å². The molecule has 1 aliphatic heterocycles. The van der Waals surface area contributed by atoms with Crippen molar-refractivity contribution in [2.24, 2.45) is 0 Å². The van der Waals surface area contributed by atoms with Gasteiger partial charge in [0, 0.05) is 15.1 Å². The second-order valence-corrected chi connectivity index (χ2v) is 6.11. The third-order valence-electron chi connectivity index (χ3n) is 3.12. The highest BCUT2D eigenvalue weighted by Gasteiger charge is 2.29. The topological polar surface area (TPSA) is 92.5 Å². The summed E-state index contributed by atoms with van der Waals surface area (Å²) in [6.07, 6.45) is 0. The Kier molecular flexibility index (Phi) is 3.30. The summed E-state index contributed by atoms with van der Waals surface area (Å²) in [6.45, 7) is -0.308. The van der Waals surface area contributed by atoms with Gasteiger partial charge in [0.1, 0.15) is 18.0 Å². The normalized spacial score (nSPS) is 15.4. The molecule has 1 fully saturated rings. The molecule has 108 valence electrons. The highest BCUT2D eigenvalue weighted by atomic mass is 35.5. The van der Waals surface area contributed by atoms with Crippen molar-refractivity contribution in [3.63, 3.8) is 0 Å². The first-order valence-corrected chi connectivity index (χ1v) is 7.24. The van der Waals surface area contributed by atoms with Crippen LogP contribution in [0.5, 0.6) is 0 Å². The van der Waals surface area contributed by atoms with Crippen LogP contribution in [-0.2, 0) is 9.59 Å². The number of halogens is 1. The lowest BCUT2D eigenvalue weighted by atomic mass is 10.2. The number of benzene rings is 1. The molecule has 1 aliphatic rings. The molecule has 2 heterocycles. The van der Waals surface area contributed by atoms with E-state index in [2.05, 4.69) is 5.32 Å². The van der Waals surface area contributed by atoms with Crippen molar-refractivity contribution in [1.29, 1.82) is 0 Å². The van der Waals surface area contributed by atoms with Crippen LogP contribution in [0.3, 0.4) is 0 Å². The number of thiophene rings is 1. The van der Waals surface area contributed by atoms with Crippen molar-refractivity contribution in [2.75, 3.05) is 18.8 Å². The zero-order chi connectivity index (χ0) is 15.1. The molecule has 3 rings (SSSR count). The van der Waals surface area contributed by atoms with Crippen molar-refractivity contribution in [3.05, 3.63) is 28.1 Å². The van der Waals surface area contributed by atoms with E-state index in [1.807, 2.05) is 0 Å². The molecule has 0 atom stereocenters. The van der Waals surface area contributed by atoms with E-state index >= 15 is 0 Å². The van der Waals surface area contributed by atoms with Crippen molar-refractivity contribution in [2.45, 2.75) is 0 Å². The van der Waals surface area contributed by atoms with Gasteiger partial charge in [-0.2, -0.15) is 0 Å². The molecule has 3 N–H and O–H groups in total. The Morgan fingerprint density at radius 2 is 1.95 bits per heavy atom. The quantitative estimate of drug-likeness (QED) is 0.772. The molecule has 21 heavy (non-hydrogen) atoms. The molecule has 0 bridgehead atoms. The summed E-state index contributed by atoms with van der Waals surface area (Å²) in [7, 11) is 0. The van der Waals surface area contributed by atoms with Gasteiger partial charge in [-0.15, -0.1) is 11.3 Å². The molecule has 0 radical (unpaired) electrons. The molecule has 0 saturated carbocycles. The van der Waals surface area contributed by atoms with Crippen molar-refractivity contribution >= 4 is 56.4 Å². The molecule has 8 heteroatoms. The summed E-state index contributed by atoms with van der Waals surface area (Å²) in [5.41, 5.74) is 6.34.